The number of nitrogens with two attached hydrogens (primary N) is 2. The van der Waals surface area contributed by atoms with Crippen LogP contribution in [0.15, 0.2) is 77.7 Å². The minimum absolute atomic E-state index is 0. The average molecular weight is 553 g/mol. The first kappa shape index (κ1) is 28.9. The van der Waals surface area contributed by atoms with Crippen LogP contribution in [0.1, 0.15) is 26.3 Å². The maximum Gasteiger partial charge on any atom is 1.00 e. The second kappa shape index (κ2) is 13.3. The van der Waals surface area contributed by atoms with Crippen molar-refractivity contribution in [3.63, 3.8) is 0 Å². The summed E-state index contributed by atoms with van der Waals surface area (Å²) in [6.45, 7) is 1.82. The van der Waals surface area contributed by atoms with E-state index in [1.807, 2.05) is 6.92 Å². The Morgan fingerprint density at radius 2 is 1.16 bits per heavy atom. The van der Waals surface area contributed by atoms with Gasteiger partial charge in [0.25, 0.3) is 0 Å². The average Bonchev–Trinajstić information content (AvgIpc) is 2.68. The Bertz CT molecular complexity index is 1100. The molecule has 3 rings (SSSR count). The van der Waals surface area contributed by atoms with Gasteiger partial charge < -0.3 is 26.2 Å². The van der Waals surface area contributed by atoms with Gasteiger partial charge >= 0.3 is 34.3 Å². The number of hydrogen-bond donors (Lipinski definition) is 4. The van der Waals surface area contributed by atoms with Gasteiger partial charge in [0.1, 0.15) is 10.1 Å². The number of benzene rings is 3. The predicted octanol–water partition coefficient (Wildman–Crippen LogP) is 2.83. The number of anilines is 2. The molecule has 11 heteroatoms. The number of nitrogen functional groups attached to an aromatic ring is 2. The van der Waals surface area contributed by atoms with Crippen LogP contribution in [0.4, 0.5) is 11.4 Å². The first-order chi connectivity index (χ1) is 14.4. The molecule has 0 saturated carbocycles. The van der Waals surface area contributed by atoms with Crippen LogP contribution in [0.3, 0.4) is 0 Å². The summed E-state index contributed by atoms with van der Waals surface area (Å²) in [6.07, 6.45) is 0. The Kier molecular flexibility index (Phi) is 12.0. The molecule has 0 saturated heterocycles. The van der Waals surface area contributed by atoms with Gasteiger partial charge in [0.05, 0.1) is 16.0 Å². The quantitative estimate of drug-likeness (QED) is 0.215. The van der Waals surface area contributed by atoms with Crippen molar-refractivity contribution in [1.82, 2.24) is 0 Å². The standard InChI is InChI=1S/2C7H7NO2.C7H8O3S.Ag/c2*8-6-3-1-2-5(4-6)7(9)10;1-6-2-4-7(5-3-6)11(8,9)10;/h2*1-4H,8H2,(H,9,10);2-5H,1H3,(H,8,9,10);/q;;;+1/p-1. The number of aryl methyl sites for hydroxylation is 1. The van der Waals surface area contributed by atoms with Gasteiger partial charge in [-0.1, -0.05) is 29.8 Å². The number of hydrogen-bond acceptors (Lipinski definition) is 7. The van der Waals surface area contributed by atoms with Crippen LogP contribution in [0, 0.1) is 6.92 Å². The molecular formula is C21H21AgN2O7S. The molecule has 32 heavy (non-hydrogen) atoms. The molecule has 6 N–H and O–H groups in total. The molecule has 0 bridgehead atoms. The van der Waals surface area contributed by atoms with Crippen molar-refractivity contribution >= 4 is 33.4 Å². The molecule has 0 amide bonds. The van der Waals surface area contributed by atoms with Crippen molar-refractivity contribution in [1.29, 1.82) is 0 Å². The van der Waals surface area contributed by atoms with E-state index < -0.39 is 22.1 Å². The summed E-state index contributed by atoms with van der Waals surface area (Å²) in [5, 5.41) is 16.9. The number of carboxylic acid groups (broad SMARTS) is 2. The summed E-state index contributed by atoms with van der Waals surface area (Å²) in [5.41, 5.74) is 13.0. The van der Waals surface area contributed by atoms with E-state index in [1.165, 1.54) is 36.4 Å². The molecule has 0 heterocycles. The van der Waals surface area contributed by atoms with Gasteiger partial charge in [-0.2, -0.15) is 0 Å². The van der Waals surface area contributed by atoms with E-state index in [9.17, 15) is 22.6 Å². The van der Waals surface area contributed by atoms with E-state index in [0.29, 0.717) is 11.4 Å². The van der Waals surface area contributed by atoms with E-state index >= 15 is 0 Å². The monoisotopic (exact) mass is 552 g/mol. The summed E-state index contributed by atoms with van der Waals surface area (Å²) >= 11 is 0. The smallest absolute Gasteiger partial charge is 0.744 e. The van der Waals surface area contributed by atoms with E-state index in [2.05, 4.69) is 0 Å². The van der Waals surface area contributed by atoms with Crippen LogP contribution in [0.25, 0.3) is 0 Å². The zero-order valence-electron chi connectivity index (χ0n) is 16.7. The summed E-state index contributed by atoms with van der Waals surface area (Å²) in [4.78, 5) is 20.4. The maximum absolute atomic E-state index is 10.4. The molecule has 0 aliphatic heterocycles. The zero-order chi connectivity index (χ0) is 23.6. The van der Waals surface area contributed by atoms with E-state index in [4.69, 9.17) is 21.7 Å². The van der Waals surface area contributed by atoms with Gasteiger partial charge in [0, 0.05) is 11.4 Å². The van der Waals surface area contributed by atoms with Gasteiger partial charge in [-0.05, 0) is 55.5 Å². The second-order valence-corrected chi connectivity index (χ2v) is 7.51. The van der Waals surface area contributed by atoms with Crippen LogP contribution in [0.2, 0.25) is 0 Å². The molecule has 0 aliphatic rings. The van der Waals surface area contributed by atoms with Crippen molar-refractivity contribution in [3.8, 4) is 0 Å². The fourth-order valence-corrected chi connectivity index (χ4v) is 2.52. The molecule has 0 fully saturated rings. The second-order valence-electron chi connectivity index (χ2n) is 6.13. The van der Waals surface area contributed by atoms with Crippen molar-refractivity contribution < 1.29 is 55.2 Å². The number of carbonyl (C=O) groups is 2. The van der Waals surface area contributed by atoms with E-state index in [-0.39, 0.29) is 38.4 Å². The van der Waals surface area contributed by atoms with Crippen molar-refractivity contribution in [3.05, 3.63) is 89.5 Å². The first-order valence-electron chi connectivity index (χ1n) is 8.60. The number of carboxylic acids is 2. The molecular weight excluding hydrogens is 532 g/mol. The molecule has 0 radical (unpaired) electrons. The van der Waals surface area contributed by atoms with Crippen molar-refractivity contribution in [2.45, 2.75) is 11.8 Å². The van der Waals surface area contributed by atoms with Crippen LogP contribution in [-0.2, 0) is 32.5 Å². The Labute approximate surface area is 201 Å². The normalized spacial score (nSPS) is 9.69. The Balaban J connectivity index is 0.000000444. The molecule has 0 aromatic heterocycles. The fourth-order valence-electron chi connectivity index (χ4n) is 2.05. The van der Waals surface area contributed by atoms with E-state index in [0.717, 1.165) is 5.56 Å². The van der Waals surface area contributed by atoms with Gasteiger partial charge in [0.15, 0.2) is 0 Å². The number of aromatic carboxylic acids is 2. The topological polar surface area (TPSA) is 184 Å². The third-order valence-corrected chi connectivity index (χ3v) is 4.43. The fraction of sp³-hybridized carbons (Fsp3) is 0.0476. The maximum atomic E-state index is 10.4. The van der Waals surface area contributed by atoms with Crippen molar-refractivity contribution in [2.24, 2.45) is 0 Å². The zero-order valence-corrected chi connectivity index (χ0v) is 19.0. The molecule has 0 unspecified atom stereocenters. The Morgan fingerprint density at radius 1 is 0.781 bits per heavy atom. The Hall–Kier alpha value is -3.15. The minimum Gasteiger partial charge on any atom is -0.744 e. The SMILES string of the molecule is Cc1ccc(S(=O)(=O)[O-])cc1.Nc1cccc(C(=O)O)c1.Nc1cccc(C(=O)O)c1.[Ag+]. The Morgan fingerprint density at radius 3 is 1.41 bits per heavy atom. The van der Waals surface area contributed by atoms with Gasteiger partial charge in [-0.25, -0.2) is 18.0 Å². The van der Waals surface area contributed by atoms with Crippen LogP contribution in [0.5, 0.6) is 0 Å². The molecule has 174 valence electrons. The number of rotatable bonds is 3. The van der Waals surface area contributed by atoms with Crippen molar-refractivity contribution in [2.75, 3.05) is 11.5 Å². The molecule has 3 aromatic carbocycles. The molecule has 0 atom stereocenters. The third kappa shape index (κ3) is 10.8. The van der Waals surface area contributed by atoms with E-state index in [1.54, 1.807) is 36.4 Å². The van der Waals surface area contributed by atoms with Gasteiger partial charge in [0.2, 0.25) is 0 Å². The molecule has 0 aliphatic carbocycles. The van der Waals surface area contributed by atoms with Crippen LogP contribution >= 0.6 is 0 Å². The van der Waals surface area contributed by atoms with Crippen LogP contribution in [-0.4, -0.2) is 35.1 Å². The largest absolute Gasteiger partial charge is 1.00 e. The summed E-state index contributed by atoms with van der Waals surface area (Å²) in [5.74, 6) is -1.90. The third-order valence-electron chi connectivity index (χ3n) is 3.58. The molecule has 9 nitrogen and oxygen atoms in total. The minimum atomic E-state index is -4.27. The van der Waals surface area contributed by atoms with Gasteiger partial charge in [-0.15, -0.1) is 0 Å². The first-order valence-corrected chi connectivity index (χ1v) is 10.0. The predicted molar refractivity (Wildman–Crippen MR) is 115 cm³/mol. The van der Waals surface area contributed by atoms with Gasteiger partial charge in [-0.3, -0.25) is 0 Å². The van der Waals surface area contributed by atoms with Crippen LogP contribution < -0.4 is 11.5 Å². The molecule has 0 spiro atoms. The molecule has 3 aromatic rings. The summed E-state index contributed by atoms with van der Waals surface area (Å²) < 4.78 is 31.2. The summed E-state index contributed by atoms with van der Waals surface area (Å²) in [7, 11) is -4.27. The summed E-state index contributed by atoms with van der Waals surface area (Å²) in [6, 6.07) is 18.1.